The average molecular weight is 525 g/mol. The van der Waals surface area contributed by atoms with Crippen LogP contribution in [0.5, 0.6) is 5.75 Å². The molecular weight excluding hydrogens is 501 g/mol. The third kappa shape index (κ3) is 7.06. The number of hydrogen-bond acceptors (Lipinski definition) is 6. The van der Waals surface area contributed by atoms with Crippen molar-refractivity contribution < 1.29 is 23.0 Å². The minimum atomic E-state index is -4.80. The summed E-state index contributed by atoms with van der Waals surface area (Å²) < 4.78 is 43.0. The summed E-state index contributed by atoms with van der Waals surface area (Å²) >= 11 is 3.47. The summed E-state index contributed by atoms with van der Waals surface area (Å²) in [6.07, 6.45) is -4.80. The number of hydrogen-bond donors (Lipinski definition) is 3. The van der Waals surface area contributed by atoms with Gasteiger partial charge in [0.15, 0.2) is 0 Å². The topological polar surface area (TPSA) is 79.3 Å². The number of rotatable bonds is 8. The first-order chi connectivity index (χ1) is 15.5. The van der Waals surface area contributed by atoms with Gasteiger partial charge >= 0.3 is 6.36 Å². The zero-order valence-corrected chi connectivity index (χ0v) is 19.8. The number of aliphatic hydroxyl groups excluding tert-OH is 1. The van der Waals surface area contributed by atoms with Gasteiger partial charge in [-0.25, -0.2) is 4.98 Å². The molecule has 0 fully saturated rings. The molecule has 0 bridgehead atoms. The quantitative estimate of drug-likeness (QED) is 0.321. The van der Waals surface area contributed by atoms with E-state index in [1.165, 1.54) is 18.2 Å². The normalized spacial score (nSPS) is 12.5. The van der Waals surface area contributed by atoms with Crippen molar-refractivity contribution in [1.29, 1.82) is 0 Å². The number of halogens is 4. The second kappa shape index (κ2) is 10.4. The van der Waals surface area contributed by atoms with Crippen LogP contribution in [-0.4, -0.2) is 34.1 Å². The van der Waals surface area contributed by atoms with E-state index in [4.69, 9.17) is 0 Å². The lowest BCUT2D eigenvalue weighted by Crippen LogP contribution is -2.30. The highest BCUT2D eigenvalue weighted by Gasteiger charge is 2.31. The lowest BCUT2D eigenvalue weighted by Gasteiger charge is -2.21. The Morgan fingerprint density at radius 2 is 1.85 bits per heavy atom. The van der Waals surface area contributed by atoms with Crippen LogP contribution in [0.25, 0.3) is 11.3 Å². The Kier molecular flexibility index (Phi) is 7.80. The predicted octanol–water partition coefficient (Wildman–Crippen LogP) is 6.29. The Bertz CT molecular complexity index is 1110. The summed E-state index contributed by atoms with van der Waals surface area (Å²) in [6.45, 7) is 5.71. The van der Waals surface area contributed by atoms with Gasteiger partial charge in [-0.3, -0.25) is 0 Å². The highest BCUT2D eigenvalue weighted by Crippen LogP contribution is 2.30. The smallest absolute Gasteiger partial charge is 0.406 e. The van der Waals surface area contributed by atoms with Gasteiger partial charge < -0.3 is 20.5 Å². The number of alkyl halides is 3. The molecule has 0 radical (unpaired) electrons. The first-order valence-corrected chi connectivity index (χ1v) is 11.0. The fraction of sp³-hybridized carbons (Fsp3) is 0.304. The number of aryl methyl sites for hydroxylation is 1. The Morgan fingerprint density at radius 1 is 1.09 bits per heavy atom. The molecule has 33 heavy (non-hydrogen) atoms. The van der Waals surface area contributed by atoms with Gasteiger partial charge in [-0.1, -0.05) is 41.9 Å². The van der Waals surface area contributed by atoms with Crippen molar-refractivity contribution in [2.75, 3.05) is 17.2 Å². The van der Waals surface area contributed by atoms with Gasteiger partial charge in [-0.05, 0) is 48.7 Å². The van der Waals surface area contributed by atoms with Gasteiger partial charge in [0, 0.05) is 21.8 Å². The van der Waals surface area contributed by atoms with E-state index in [0.29, 0.717) is 17.1 Å². The zero-order chi connectivity index (χ0) is 24.2. The Balaban J connectivity index is 2.01. The number of nitrogens with zero attached hydrogens (tertiary/aromatic N) is 2. The molecule has 0 aliphatic carbocycles. The van der Waals surface area contributed by atoms with Crippen molar-refractivity contribution in [3.8, 4) is 17.0 Å². The first kappa shape index (κ1) is 24.8. The predicted molar refractivity (Wildman–Crippen MR) is 126 cm³/mol. The average Bonchev–Trinajstić information content (AvgIpc) is 2.73. The number of benzene rings is 2. The maximum atomic E-state index is 12.7. The molecule has 1 heterocycles. The van der Waals surface area contributed by atoms with Crippen LogP contribution in [0.15, 0.2) is 53.0 Å². The molecular formula is C23H24BrF3N4O2. The lowest BCUT2D eigenvalue weighted by molar-refractivity contribution is -0.274. The maximum absolute atomic E-state index is 12.7. The molecule has 1 aromatic heterocycles. The molecule has 3 N–H and O–H groups in total. The SMILES string of the molecule is Cc1cc(Nc2cc(-c3cccc(OC(F)(F)F)c3)nc(N[C@H](CO)C(C)C)n2)ccc1Br. The molecule has 6 nitrogen and oxygen atoms in total. The van der Waals surface area contributed by atoms with Gasteiger partial charge in [-0.15, -0.1) is 13.2 Å². The molecule has 0 spiro atoms. The van der Waals surface area contributed by atoms with Gasteiger partial charge in [0.25, 0.3) is 0 Å². The van der Waals surface area contributed by atoms with E-state index in [-0.39, 0.29) is 30.3 Å². The number of aromatic nitrogens is 2. The molecule has 0 saturated carbocycles. The second-order valence-electron chi connectivity index (χ2n) is 7.80. The highest BCUT2D eigenvalue weighted by atomic mass is 79.9. The molecule has 10 heteroatoms. The molecule has 0 saturated heterocycles. The van der Waals surface area contributed by atoms with Crippen molar-refractivity contribution in [2.45, 2.75) is 33.2 Å². The minimum Gasteiger partial charge on any atom is -0.406 e. The minimum absolute atomic E-state index is 0.0938. The van der Waals surface area contributed by atoms with Crippen molar-refractivity contribution in [2.24, 2.45) is 5.92 Å². The lowest BCUT2D eigenvalue weighted by atomic mass is 10.1. The molecule has 1 atom stereocenters. The van der Waals surface area contributed by atoms with E-state index in [1.807, 2.05) is 39.0 Å². The second-order valence-corrected chi connectivity index (χ2v) is 8.66. The fourth-order valence-electron chi connectivity index (χ4n) is 3.04. The van der Waals surface area contributed by atoms with Crippen LogP contribution in [-0.2, 0) is 0 Å². The molecule has 0 aliphatic heterocycles. The van der Waals surface area contributed by atoms with Crippen LogP contribution < -0.4 is 15.4 Å². The standard InChI is InChI=1S/C23H24BrF3N4O2/c1-13(2)20(12-32)30-22-29-19(15-5-4-6-17(10-15)33-23(25,26)27)11-21(31-22)28-16-7-8-18(24)14(3)9-16/h4-11,13,20,32H,12H2,1-3H3,(H2,28,29,30,31)/t20-/m1/s1. The van der Waals surface area contributed by atoms with Crippen LogP contribution in [0.2, 0.25) is 0 Å². The number of ether oxygens (including phenoxy) is 1. The molecule has 0 amide bonds. The summed E-state index contributed by atoms with van der Waals surface area (Å²) in [5.74, 6) is 0.420. The van der Waals surface area contributed by atoms with Gasteiger partial charge in [0.1, 0.15) is 11.6 Å². The van der Waals surface area contributed by atoms with E-state index in [0.717, 1.165) is 15.7 Å². The maximum Gasteiger partial charge on any atom is 0.573 e. The fourth-order valence-corrected chi connectivity index (χ4v) is 3.28. The van der Waals surface area contributed by atoms with Crippen LogP contribution >= 0.6 is 15.9 Å². The summed E-state index contributed by atoms with van der Waals surface area (Å²) in [4.78, 5) is 8.96. The van der Waals surface area contributed by atoms with Crippen LogP contribution in [0.1, 0.15) is 19.4 Å². The van der Waals surface area contributed by atoms with E-state index in [2.05, 4.69) is 41.3 Å². The van der Waals surface area contributed by atoms with E-state index in [1.54, 1.807) is 12.1 Å². The summed E-state index contributed by atoms with van der Waals surface area (Å²) in [7, 11) is 0. The number of anilines is 3. The van der Waals surface area contributed by atoms with Crippen LogP contribution in [0.3, 0.4) is 0 Å². The molecule has 3 aromatic rings. The number of nitrogens with one attached hydrogen (secondary N) is 2. The third-order valence-corrected chi connectivity index (χ3v) is 5.73. The Labute approximate surface area is 198 Å². The first-order valence-electron chi connectivity index (χ1n) is 10.2. The monoisotopic (exact) mass is 524 g/mol. The van der Waals surface area contributed by atoms with Crippen molar-refractivity contribution >= 4 is 33.4 Å². The third-order valence-electron chi connectivity index (χ3n) is 4.84. The molecule has 3 rings (SSSR count). The van der Waals surface area contributed by atoms with Gasteiger partial charge in [-0.2, -0.15) is 4.98 Å². The molecule has 0 aliphatic rings. The van der Waals surface area contributed by atoms with E-state index in [9.17, 15) is 18.3 Å². The van der Waals surface area contributed by atoms with Gasteiger partial charge in [0.2, 0.25) is 5.95 Å². The summed E-state index contributed by atoms with van der Waals surface area (Å²) in [5, 5.41) is 16.0. The largest absolute Gasteiger partial charge is 0.573 e. The molecule has 2 aromatic carbocycles. The van der Waals surface area contributed by atoms with Crippen LogP contribution in [0, 0.1) is 12.8 Å². The zero-order valence-electron chi connectivity index (χ0n) is 18.2. The van der Waals surface area contributed by atoms with Crippen molar-refractivity contribution in [3.05, 3.63) is 58.6 Å². The Hall–Kier alpha value is -2.85. The van der Waals surface area contributed by atoms with Crippen LogP contribution in [0.4, 0.5) is 30.6 Å². The Morgan fingerprint density at radius 3 is 2.48 bits per heavy atom. The summed E-state index contributed by atoms with van der Waals surface area (Å²) in [6, 6.07) is 12.6. The summed E-state index contributed by atoms with van der Waals surface area (Å²) in [5.41, 5.74) is 2.60. The highest BCUT2D eigenvalue weighted by molar-refractivity contribution is 9.10. The van der Waals surface area contributed by atoms with Crippen molar-refractivity contribution in [3.63, 3.8) is 0 Å². The van der Waals surface area contributed by atoms with Gasteiger partial charge in [0.05, 0.1) is 18.3 Å². The number of aliphatic hydroxyl groups is 1. The van der Waals surface area contributed by atoms with E-state index < -0.39 is 6.36 Å². The molecule has 0 unspecified atom stereocenters. The van der Waals surface area contributed by atoms with Crippen molar-refractivity contribution in [1.82, 2.24) is 9.97 Å². The molecule has 176 valence electrons. The van der Waals surface area contributed by atoms with E-state index >= 15 is 0 Å².